The molecule has 0 fully saturated rings. The zero-order chi connectivity index (χ0) is 10.9. The highest BCUT2D eigenvalue weighted by Gasteiger charge is 1.89. The van der Waals surface area contributed by atoms with Crippen LogP contribution in [-0.4, -0.2) is 9.97 Å². The molecule has 1 aromatic rings. The summed E-state index contributed by atoms with van der Waals surface area (Å²) < 4.78 is 0. The minimum atomic E-state index is 0.831. The summed E-state index contributed by atoms with van der Waals surface area (Å²) >= 11 is 0. The Morgan fingerprint density at radius 1 is 1.20 bits per heavy atom. The number of hydrogen-bond donors (Lipinski definition) is 0. The highest BCUT2D eigenvalue weighted by molar-refractivity contribution is 5.27. The summed E-state index contributed by atoms with van der Waals surface area (Å²) in [5, 5.41) is 0. The van der Waals surface area contributed by atoms with Crippen LogP contribution in [0.5, 0.6) is 0 Å². The van der Waals surface area contributed by atoms with Gasteiger partial charge in [0.25, 0.3) is 0 Å². The Labute approximate surface area is 92.2 Å². The fraction of sp³-hybridized carbons (Fsp3) is 0.538. The normalized spacial score (nSPS) is 9.47. The van der Waals surface area contributed by atoms with Gasteiger partial charge in [-0.1, -0.05) is 32.1 Å². The second kappa shape index (κ2) is 7.00. The summed E-state index contributed by atoms with van der Waals surface area (Å²) in [6.45, 7) is 4.17. The molecule has 0 aliphatic rings. The molecule has 0 saturated carbocycles. The molecule has 1 heterocycles. The lowest BCUT2D eigenvalue weighted by Crippen LogP contribution is -1.86. The minimum absolute atomic E-state index is 0.831. The van der Waals surface area contributed by atoms with Crippen LogP contribution in [0.4, 0.5) is 0 Å². The maximum atomic E-state index is 4.09. The Morgan fingerprint density at radius 3 is 2.80 bits per heavy atom. The van der Waals surface area contributed by atoms with Gasteiger partial charge in [0.15, 0.2) is 0 Å². The summed E-state index contributed by atoms with van der Waals surface area (Å²) in [7, 11) is 0. The second-order valence-electron chi connectivity index (χ2n) is 3.66. The van der Waals surface area contributed by atoms with E-state index in [4.69, 9.17) is 0 Å². The van der Waals surface area contributed by atoms with Crippen molar-refractivity contribution in [3.05, 3.63) is 23.8 Å². The summed E-state index contributed by atoms with van der Waals surface area (Å²) in [5.74, 6) is 6.21. The first-order valence-corrected chi connectivity index (χ1v) is 5.60. The van der Waals surface area contributed by atoms with E-state index in [-0.39, 0.29) is 0 Å². The molecule has 80 valence electrons. The predicted molar refractivity (Wildman–Crippen MR) is 62.4 cm³/mol. The maximum Gasteiger partial charge on any atom is 0.117 e. The van der Waals surface area contributed by atoms with E-state index in [9.17, 15) is 0 Å². The third-order valence-corrected chi connectivity index (χ3v) is 2.18. The molecule has 0 bridgehead atoms. The summed E-state index contributed by atoms with van der Waals surface area (Å²) in [5.41, 5.74) is 1.80. The Morgan fingerprint density at radius 2 is 2.07 bits per heavy atom. The smallest absolute Gasteiger partial charge is 0.117 e. The number of hydrogen-bond acceptors (Lipinski definition) is 2. The van der Waals surface area contributed by atoms with Crippen molar-refractivity contribution in [3.63, 3.8) is 0 Å². The summed E-state index contributed by atoms with van der Waals surface area (Å²) in [6, 6.07) is 1.92. The van der Waals surface area contributed by atoms with Crippen LogP contribution in [0.2, 0.25) is 0 Å². The molecule has 0 aromatic carbocycles. The molecule has 15 heavy (non-hydrogen) atoms. The van der Waals surface area contributed by atoms with Crippen LogP contribution < -0.4 is 0 Å². The molecule has 0 spiro atoms. The topological polar surface area (TPSA) is 25.8 Å². The molecule has 0 saturated heterocycles. The maximum absolute atomic E-state index is 4.09. The molecule has 0 radical (unpaired) electrons. The van der Waals surface area contributed by atoms with E-state index in [2.05, 4.69) is 28.7 Å². The quantitative estimate of drug-likeness (QED) is 0.554. The average molecular weight is 202 g/mol. The molecule has 0 aliphatic carbocycles. The number of unbranched alkanes of at least 4 members (excludes halogenated alkanes) is 4. The molecule has 0 aliphatic heterocycles. The fourth-order valence-electron chi connectivity index (χ4n) is 1.32. The number of aromatic nitrogens is 2. The fourth-order valence-corrected chi connectivity index (χ4v) is 1.32. The van der Waals surface area contributed by atoms with Crippen molar-refractivity contribution in [3.8, 4) is 11.8 Å². The van der Waals surface area contributed by atoms with Crippen LogP contribution >= 0.6 is 0 Å². The zero-order valence-corrected chi connectivity index (χ0v) is 9.58. The first-order valence-electron chi connectivity index (χ1n) is 5.60. The lowest BCUT2D eigenvalue weighted by Gasteiger charge is -1.92. The lowest BCUT2D eigenvalue weighted by molar-refractivity contribution is 0.679. The minimum Gasteiger partial charge on any atom is -0.242 e. The lowest BCUT2D eigenvalue weighted by atomic mass is 10.1. The van der Waals surface area contributed by atoms with Gasteiger partial charge in [-0.3, -0.25) is 0 Å². The van der Waals surface area contributed by atoms with Gasteiger partial charge in [0.05, 0.1) is 0 Å². The van der Waals surface area contributed by atoms with Gasteiger partial charge in [-0.25, -0.2) is 9.97 Å². The van der Waals surface area contributed by atoms with Crippen molar-refractivity contribution in [2.45, 2.75) is 46.0 Å². The Kier molecular flexibility index (Phi) is 5.47. The summed E-state index contributed by atoms with van der Waals surface area (Å²) in [6.07, 6.45) is 7.62. The van der Waals surface area contributed by atoms with Crippen molar-refractivity contribution in [1.29, 1.82) is 0 Å². The Balaban J connectivity index is 2.32. The Bertz CT molecular complexity index is 347. The second-order valence-corrected chi connectivity index (χ2v) is 3.66. The van der Waals surface area contributed by atoms with Crippen LogP contribution in [0.25, 0.3) is 0 Å². The predicted octanol–water partition coefficient (Wildman–Crippen LogP) is 3.11. The van der Waals surface area contributed by atoms with Crippen LogP contribution in [0.1, 0.15) is 50.4 Å². The summed E-state index contributed by atoms with van der Waals surface area (Å²) in [4.78, 5) is 8.12. The van der Waals surface area contributed by atoms with Gasteiger partial charge in [0.1, 0.15) is 12.0 Å². The van der Waals surface area contributed by atoms with Crippen molar-refractivity contribution in [1.82, 2.24) is 9.97 Å². The molecule has 2 heteroatoms. The molecule has 0 unspecified atom stereocenters. The van der Waals surface area contributed by atoms with E-state index in [0.29, 0.717) is 0 Å². The van der Waals surface area contributed by atoms with Crippen molar-refractivity contribution < 1.29 is 0 Å². The van der Waals surface area contributed by atoms with Gasteiger partial charge < -0.3 is 0 Å². The Hall–Kier alpha value is -1.36. The molecular formula is C13H18N2. The molecule has 2 nitrogen and oxygen atoms in total. The van der Waals surface area contributed by atoms with Crippen molar-refractivity contribution in [2.75, 3.05) is 0 Å². The van der Waals surface area contributed by atoms with Crippen LogP contribution in [0.3, 0.4) is 0 Å². The van der Waals surface area contributed by atoms with E-state index in [1.807, 2.05) is 13.0 Å². The molecule has 0 atom stereocenters. The third-order valence-electron chi connectivity index (χ3n) is 2.18. The van der Waals surface area contributed by atoms with E-state index in [0.717, 1.165) is 17.8 Å². The number of aryl methyl sites for hydroxylation is 1. The third kappa shape index (κ3) is 5.17. The van der Waals surface area contributed by atoms with Gasteiger partial charge in [0, 0.05) is 12.1 Å². The number of rotatable bonds is 4. The highest BCUT2D eigenvalue weighted by Crippen LogP contribution is 2.01. The molecular weight excluding hydrogens is 184 g/mol. The van der Waals surface area contributed by atoms with Gasteiger partial charge in [-0.2, -0.15) is 0 Å². The van der Waals surface area contributed by atoms with Gasteiger partial charge in [-0.15, -0.1) is 0 Å². The van der Waals surface area contributed by atoms with Crippen LogP contribution in [0, 0.1) is 18.8 Å². The average Bonchev–Trinajstić information content (AvgIpc) is 2.23. The van der Waals surface area contributed by atoms with Crippen molar-refractivity contribution >= 4 is 0 Å². The monoisotopic (exact) mass is 202 g/mol. The van der Waals surface area contributed by atoms with Gasteiger partial charge in [0.2, 0.25) is 0 Å². The molecule has 1 aromatic heterocycles. The highest BCUT2D eigenvalue weighted by atomic mass is 14.8. The first kappa shape index (κ1) is 11.7. The van der Waals surface area contributed by atoms with E-state index >= 15 is 0 Å². The van der Waals surface area contributed by atoms with Gasteiger partial charge in [-0.05, 0) is 25.3 Å². The number of nitrogens with zero attached hydrogens (tertiary/aromatic N) is 2. The standard InChI is InChI=1S/C13H18N2/c1-3-4-5-6-7-8-9-13-10-12(2)14-11-15-13/h10-11H,3-7H2,1-2H3. The van der Waals surface area contributed by atoms with E-state index < -0.39 is 0 Å². The van der Waals surface area contributed by atoms with E-state index in [1.165, 1.54) is 25.7 Å². The van der Waals surface area contributed by atoms with Crippen LogP contribution in [-0.2, 0) is 0 Å². The molecule has 0 amide bonds. The zero-order valence-electron chi connectivity index (χ0n) is 9.58. The SMILES string of the molecule is CCCCCCC#Cc1cc(C)ncn1. The van der Waals surface area contributed by atoms with Crippen molar-refractivity contribution in [2.24, 2.45) is 0 Å². The first-order chi connectivity index (χ1) is 7.33. The van der Waals surface area contributed by atoms with E-state index in [1.54, 1.807) is 6.33 Å². The largest absolute Gasteiger partial charge is 0.242 e. The molecule has 0 N–H and O–H groups in total. The van der Waals surface area contributed by atoms with Crippen LogP contribution in [0.15, 0.2) is 12.4 Å². The molecule has 1 rings (SSSR count). The van der Waals surface area contributed by atoms with Gasteiger partial charge >= 0.3 is 0 Å².